The van der Waals surface area contributed by atoms with Crippen molar-refractivity contribution in [2.24, 2.45) is 29.1 Å². The lowest BCUT2D eigenvalue weighted by Gasteiger charge is -2.63. The Morgan fingerprint density at radius 2 is 1.29 bits per heavy atom. The number of piperidine rings is 1. The first kappa shape index (κ1) is 12.3. The zero-order chi connectivity index (χ0) is 10.8. The molecule has 1 spiro atoms. The number of hydrogen-bond donors (Lipinski definition) is 0. The average Bonchev–Trinajstić information content (AvgIpc) is 2.27. The number of rotatable bonds is 0. The van der Waals surface area contributed by atoms with E-state index in [0.29, 0.717) is 0 Å². The van der Waals surface area contributed by atoms with E-state index in [4.69, 9.17) is 0 Å². The van der Waals surface area contributed by atoms with Gasteiger partial charge in [-0.2, -0.15) is 0 Å². The Hall–Kier alpha value is 0.250. The Morgan fingerprint density at radius 1 is 0.824 bits per heavy atom. The molecule has 0 aromatic heterocycles. The second-order valence-corrected chi connectivity index (χ2v) is 7.34. The zero-order valence-corrected chi connectivity index (χ0v) is 11.8. The topological polar surface area (TPSA) is 3.24 Å². The summed E-state index contributed by atoms with van der Waals surface area (Å²) in [7, 11) is 2.31. The lowest BCUT2D eigenvalue weighted by atomic mass is 9.43. The minimum Gasteiger partial charge on any atom is -0.306 e. The van der Waals surface area contributed by atoms with Crippen LogP contribution in [0, 0.1) is 29.1 Å². The minimum atomic E-state index is 0. The SMILES string of the molecule is CN1CCC2(CC1)C1CC3CC(C1)CC2C3.Cl. The van der Waals surface area contributed by atoms with E-state index in [2.05, 4.69) is 11.9 Å². The minimum absolute atomic E-state index is 0. The largest absolute Gasteiger partial charge is 0.306 e. The van der Waals surface area contributed by atoms with E-state index < -0.39 is 0 Å². The summed E-state index contributed by atoms with van der Waals surface area (Å²) in [4.78, 5) is 2.55. The summed E-state index contributed by atoms with van der Waals surface area (Å²) in [6.07, 6.45) is 11.1. The molecule has 5 fully saturated rings. The van der Waals surface area contributed by atoms with Gasteiger partial charge in [0.1, 0.15) is 0 Å². The third-order valence-corrected chi connectivity index (χ3v) is 6.68. The van der Waals surface area contributed by atoms with E-state index in [0.717, 1.165) is 29.1 Å². The van der Waals surface area contributed by atoms with Gasteiger partial charge < -0.3 is 4.90 Å². The molecule has 4 bridgehead atoms. The van der Waals surface area contributed by atoms with Crippen LogP contribution in [0.3, 0.4) is 0 Å². The fourth-order valence-electron chi connectivity index (χ4n) is 5.97. The molecule has 17 heavy (non-hydrogen) atoms. The second kappa shape index (κ2) is 4.13. The first-order valence-corrected chi connectivity index (χ1v) is 7.45. The van der Waals surface area contributed by atoms with Gasteiger partial charge in [-0.15, -0.1) is 12.4 Å². The Labute approximate surface area is 112 Å². The van der Waals surface area contributed by atoms with Crippen molar-refractivity contribution in [3.8, 4) is 0 Å². The van der Waals surface area contributed by atoms with Crippen LogP contribution in [0.15, 0.2) is 0 Å². The van der Waals surface area contributed by atoms with E-state index >= 15 is 0 Å². The quantitative estimate of drug-likeness (QED) is 0.640. The van der Waals surface area contributed by atoms with Crippen LogP contribution in [0.5, 0.6) is 0 Å². The Morgan fingerprint density at radius 3 is 1.76 bits per heavy atom. The fraction of sp³-hybridized carbons (Fsp3) is 1.00. The molecule has 5 aliphatic rings. The van der Waals surface area contributed by atoms with Gasteiger partial charge >= 0.3 is 0 Å². The Bertz CT molecular complexity index is 263. The molecule has 2 heteroatoms. The third kappa shape index (κ3) is 1.69. The molecule has 0 unspecified atom stereocenters. The molecule has 0 atom stereocenters. The van der Waals surface area contributed by atoms with E-state index in [1.165, 1.54) is 25.9 Å². The fourth-order valence-corrected chi connectivity index (χ4v) is 5.97. The summed E-state index contributed by atoms with van der Waals surface area (Å²) in [5, 5.41) is 0. The third-order valence-electron chi connectivity index (χ3n) is 6.68. The summed E-state index contributed by atoms with van der Waals surface area (Å²) in [5.74, 6) is 4.57. The van der Waals surface area contributed by atoms with Crippen molar-refractivity contribution >= 4 is 12.4 Å². The number of halogens is 1. The van der Waals surface area contributed by atoms with Crippen molar-refractivity contribution in [1.82, 2.24) is 4.90 Å². The zero-order valence-electron chi connectivity index (χ0n) is 11.0. The molecular weight excluding hydrogens is 230 g/mol. The highest BCUT2D eigenvalue weighted by Crippen LogP contribution is 2.65. The smallest absolute Gasteiger partial charge is 0.00163 e. The van der Waals surface area contributed by atoms with Crippen molar-refractivity contribution in [2.45, 2.75) is 44.9 Å². The predicted molar refractivity (Wildman–Crippen MR) is 73.5 cm³/mol. The van der Waals surface area contributed by atoms with Crippen LogP contribution < -0.4 is 0 Å². The number of hydrogen-bond acceptors (Lipinski definition) is 1. The summed E-state index contributed by atoms with van der Waals surface area (Å²) in [6, 6.07) is 0. The van der Waals surface area contributed by atoms with Crippen molar-refractivity contribution in [3.05, 3.63) is 0 Å². The van der Waals surface area contributed by atoms with E-state index in [-0.39, 0.29) is 12.4 Å². The van der Waals surface area contributed by atoms with Gasteiger partial charge in [-0.05, 0) is 94.2 Å². The van der Waals surface area contributed by atoms with Gasteiger partial charge in [-0.25, -0.2) is 0 Å². The van der Waals surface area contributed by atoms with E-state index in [9.17, 15) is 0 Å². The predicted octanol–water partition coefficient (Wildman–Crippen LogP) is 3.58. The highest BCUT2D eigenvalue weighted by atomic mass is 35.5. The molecule has 1 saturated heterocycles. The summed E-state index contributed by atoms with van der Waals surface area (Å²) in [5.41, 5.74) is 0.819. The summed E-state index contributed by atoms with van der Waals surface area (Å²) < 4.78 is 0. The van der Waals surface area contributed by atoms with Crippen LogP contribution in [0.2, 0.25) is 0 Å². The molecule has 1 aliphatic heterocycles. The molecule has 0 radical (unpaired) electrons. The molecule has 4 saturated carbocycles. The first-order valence-electron chi connectivity index (χ1n) is 7.45. The maximum atomic E-state index is 2.55. The molecule has 0 aromatic carbocycles. The monoisotopic (exact) mass is 255 g/mol. The van der Waals surface area contributed by atoms with Crippen LogP contribution in [0.1, 0.15) is 44.9 Å². The summed E-state index contributed by atoms with van der Waals surface area (Å²) >= 11 is 0. The Balaban J connectivity index is 0.000000902. The highest BCUT2D eigenvalue weighted by molar-refractivity contribution is 5.85. The molecule has 0 N–H and O–H groups in total. The van der Waals surface area contributed by atoms with Crippen LogP contribution in [-0.4, -0.2) is 25.0 Å². The maximum Gasteiger partial charge on any atom is -0.00163 e. The van der Waals surface area contributed by atoms with Gasteiger partial charge in [0, 0.05) is 0 Å². The van der Waals surface area contributed by atoms with Gasteiger partial charge in [0.15, 0.2) is 0 Å². The van der Waals surface area contributed by atoms with Crippen molar-refractivity contribution in [3.63, 3.8) is 0 Å². The number of likely N-dealkylation sites (tertiary alicyclic amines) is 1. The standard InChI is InChI=1S/C15H25N.ClH/c1-16-4-2-15(3-5-16)13-7-11-6-12(9-13)10-14(15)8-11;/h11-14H,2-10H2,1H3;1H. The van der Waals surface area contributed by atoms with Crippen molar-refractivity contribution in [1.29, 1.82) is 0 Å². The molecule has 4 aliphatic carbocycles. The van der Waals surface area contributed by atoms with Crippen LogP contribution >= 0.6 is 12.4 Å². The molecule has 0 aromatic rings. The van der Waals surface area contributed by atoms with Gasteiger partial charge in [0.05, 0.1) is 0 Å². The van der Waals surface area contributed by atoms with Crippen molar-refractivity contribution in [2.75, 3.05) is 20.1 Å². The van der Waals surface area contributed by atoms with Crippen molar-refractivity contribution < 1.29 is 0 Å². The van der Waals surface area contributed by atoms with Gasteiger partial charge in [0.2, 0.25) is 0 Å². The first-order chi connectivity index (χ1) is 7.76. The van der Waals surface area contributed by atoms with Crippen LogP contribution in [0.4, 0.5) is 0 Å². The molecule has 98 valence electrons. The van der Waals surface area contributed by atoms with Gasteiger partial charge in [-0.1, -0.05) is 0 Å². The normalized spacial score (nSPS) is 47.1. The van der Waals surface area contributed by atoms with E-state index in [1.807, 2.05) is 0 Å². The van der Waals surface area contributed by atoms with Gasteiger partial charge in [-0.3, -0.25) is 0 Å². The molecule has 5 rings (SSSR count). The van der Waals surface area contributed by atoms with Crippen LogP contribution in [-0.2, 0) is 0 Å². The number of nitrogens with zero attached hydrogens (tertiary/aromatic N) is 1. The second-order valence-electron chi connectivity index (χ2n) is 7.34. The maximum absolute atomic E-state index is 2.55. The van der Waals surface area contributed by atoms with E-state index in [1.54, 1.807) is 32.1 Å². The van der Waals surface area contributed by atoms with Gasteiger partial charge in [0.25, 0.3) is 0 Å². The highest BCUT2D eigenvalue weighted by Gasteiger charge is 2.56. The molecule has 1 heterocycles. The summed E-state index contributed by atoms with van der Waals surface area (Å²) in [6.45, 7) is 2.75. The molecular formula is C15H26ClN. The van der Waals surface area contributed by atoms with Crippen LogP contribution in [0.25, 0.3) is 0 Å². The average molecular weight is 256 g/mol. The Kier molecular flexibility index (Phi) is 2.99. The molecule has 1 nitrogen and oxygen atoms in total. The lowest BCUT2D eigenvalue weighted by Crippen LogP contribution is -2.56. The molecule has 0 amide bonds. The lowest BCUT2D eigenvalue weighted by molar-refractivity contribution is -0.133.